The van der Waals surface area contributed by atoms with Crippen molar-refractivity contribution < 1.29 is 197 Å². The highest BCUT2D eigenvalue weighted by atomic mass is 31.2. The van der Waals surface area contributed by atoms with Crippen LogP contribution in [0, 0.1) is 0 Å². The number of nitrogens with two attached hydrogens (primary N) is 2. The van der Waals surface area contributed by atoms with Gasteiger partial charge >= 0.3 is 21.6 Å². The molecule has 6 fully saturated rings. The number of phosphoric ester groups is 2. The molecule has 0 bridgehead atoms. The fourth-order valence-corrected chi connectivity index (χ4v) is 11.2. The third kappa shape index (κ3) is 16.6. The van der Waals surface area contributed by atoms with Crippen molar-refractivity contribution in [2.75, 3.05) is 39.6 Å². The summed E-state index contributed by atoms with van der Waals surface area (Å²) >= 11 is 0. The van der Waals surface area contributed by atoms with Gasteiger partial charge in [-0.25, -0.2) is 13.9 Å². The van der Waals surface area contributed by atoms with Gasteiger partial charge in [0.1, 0.15) is 153 Å². The first-order valence-electron chi connectivity index (χ1n) is 25.6. The van der Waals surface area contributed by atoms with Crippen LogP contribution < -0.4 is 11.5 Å². The van der Waals surface area contributed by atoms with Crippen LogP contribution in [0.5, 0.6) is 0 Å². The molecule has 33 atom stereocenters. The minimum absolute atomic E-state index is 0.855. The van der Waals surface area contributed by atoms with E-state index in [-0.39, 0.29) is 0 Å². The molecule has 6 aliphatic heterocycles. The Balaban J connectivity index is 1.33. The van der Waals surface area contributed by atoms with Crippen molar-refractivity contribution >= 4 is 21.6 Å². The van der Waals surface area contributed by atoms with Gasteiger partial charge in [-0.15, -0.1) is 0 Å². The number of carbonyl (C=O) groups is 1. The third-order valence-electron chi connectivity index (χ3n) is 14.6. The van der Waals surface area contributed by atoms with Crippen LogP contribution in [-0.4, -0.2) is 369 Å². The fourth-order valence-electron chi connectivity index (χ4n) is 10.1. The van der Waals surface area contributed by atoms with Gasteiger partial charge in [-0.2, -0.15) is 0 Å². The van der Waals surface area contributed by atoms with E-state index in [0.29, 0.717) is 0 Å². The third-order valence-corrected chi connectivity index (χ3v) is 15.7. The highest BCUT2D eigenvalue weighted by molar-refractivity contribution is 7.46. The first-order chi connectivity index (χ1) is 39.5. The van der Waals surface area contributed by atoms with Gasteiger partial charge in [0, 0.05) is 6.42 Å². The van der Waals surface area contributed by atoms with Crippen LogP contribution in [0.15, 0.2) is 0 Å². The van der Waals surface area contributed by atoms with Crippen LogP contribution in [0.1, 0.15) is 6.42 Å². The molecule has 6 rings (SSSR count). The molecule has 0 radical (unpaired) electrons. The Kier molecular flexibility index (Phi) is 25.4. The molecule has 0 aromatic rings. The van der Waals surface area contributed by atoms with Crippen LogP contribution >= 0.6 is 15.6 Å². The molecule has 0 unspecified atom stereocenters. The summed E-state index contributed by atoms with van der Waals surface area (Å²) in [4.78, 5) is 53.2. The molecule has 0 saturated carbocycles. The van der Waals surface area contributed by atoms with E-state index in [2.05, 4.69) is 0 Å². The Hall–Kier alpha value is -1.59. The van der Waals surface area contributed by atoms with Gasteiger partial charge in [0.25, 0.3) is 5.79 Å². The number of hydrogen-bond donors (Lipinski definition) is 26. The highest BCUT2D eigenvalue weighted by Gasteiger charge is 2.62. The summed E-state index contributed by atoms with van der Waals surface area (Å²) in [6, 6.07) is -3.37. The number of phosphoric acid groups is 2. The monoisotopic (exact) mass is 1300 g/mol. The lowest BCUT2D eigenvalue weighted by molar-refractivity contribution is -0.403. The number of carboxylic acids is 1. The molecule has 42 nitrogen and oxygen atoms in total. The number of aliphatic hydroxyl groups is 19. The van der Waals surface area contributed by atoms with Crippen LogP contribution in [0.2, 0.25) is 0 Å². The van der Waals surface area contributed by atoms with Crippen LogP contribution in [-0.2, 0) is 75.1 Å². The van der Waals surface area contributed by atoms with Crippen molar-refractivity contribution in [2.45, 2.75) is 208 Å². The van der Waals surface area contributed by atoms with Crippen molar-refractivity contribution in [1.29, 1.82) is 0 Å². The van der Waals surface area contributed by atoms with Crippen LogP contribution in [0.25, 0.3) is 0 Å². The summed E-state index contributed by atoms with van der Waals surface area (Å²) in [7, 11) is -11.7. The van der Waals surface area contributed by atoms with Crippen molar-refractivity contribution in [2.24, 2.45) is 11.5 Å². The quantitative estimate of drug-likeness (QED) is 0.0377. The summed E-state index contributed by atoms with van der Waals surface area (Å²) in [6.45, 7) is -7.44. The maximum Gasteiger partial charge on any atom is 0.470 e. The van der Waals surface area contributed by atoms with E-state index in [1.54, 1.807) is 0 Å². The Morgan fingerprint density at radius 1 is 0.482 bits per heavy atom. The van der Waals surface area contributed by atoms with Crippen LogP contribution in [0.4, 0.5) is 0 Å². The zero-order chi connectivity index (χ0) is 63.7. The van der Waals surface area contributed by atoms with Gasteiger partial charge in [-0.05, 0) is 0 Å². The number of carboxylic acid groups (broad SMARTS) is 1. The molecular weight excluding hydrogens is 1220 g/mol. The van der Waals surface area contributed by atoms with E-state index in [1.807, 2.05) is 0 Å². The minimum Gasteiger partial charge on any atom is -0.477 e. The van der Waals surface area contributed by atoms with Crippen molar-refractivity contribution in [1.82, 2.24) is 0 Å². The van der Waals surface area contributed by atoms with E-state index in [0.717, 1.165) is 0 Å². The molecule has 6 saturated heterocycles. The average Bonchev–Trinajstić information content (AvgIpc) is 1.65. The fraction of sp³-hybridized carbons (Fsp3) is 0.976. The molecule has 6 aliphatic rings. The van der Waals surface area contributed by atoms with Crippen LogP contribution in [0.3, 0.4) is 0 Å². The van der Waals surface area contributed by atoms with Gasteiger partial charge in [-0.3, -0.25) is 9.05 Å². The number of aliphatic hydroxyl groups excluding tert-OH is 19. The van der Waals surface area contributed by atoms with Gasteiger partial charge in [0.2, 0.25) is 0 Å². The van der Waals surface area contributed by atoms with Crippen molar-refractivity contribution in [3.05, 3.63) is 0 Å². The van der Waals surface area contributed by atoms with E-state index in [1.165, 1.54) is 0 Å². The second-order valence-electron chi connectivity index (χ2n) is 20.6. The second kappa shape index (κ2) is 29.8. The average molecular weight is 1300 g/mol. The van der Waals surface area contributed by atoms with Gasteiger partial charge < -0.3 is 185 Å². The Bertz CT molecular complexity index is 2210. The molecule has 85 heavy (non-hydrogen) atoms. The predicted octanol–water partition coefficient (Wildman–Crippen LogP) is -16.0. The summed E-state index contributed by atoms with van der Waals surface area (Å²) < 4.78 is 95.8. The number of hydrogen-bond acceptors (Lipinski definition) is 37. The SMILES string of the molecule is N[C@@H]1[C@@H](O)[C@H](O)[C@@H](CO[C@@H]2O[C@H](CO[C@]3(C(=O)O)C[C@@H](OP(=O)(O)O)[C@@H](O[C@H]4O[C@H]([C@@H](O)CO)[C@@H](O)[C@H](O[C@H]5O[C@H]([C@@H](O)CO)[C@@H](O)[C@H](O)[C@@H]5O[C@H]5O[C@H]([C@@H](O)CO)[C@@H](O)[C@H](O)[C@@H]5O)[C@@H]4O)[C@@H]([C@H](O)CO)O3)[C@@H](OP(=O)(O)O)[C@H](O)[C@H]2N)O[C@@H]1O. The van der Waals surface area contributed by atoms with E-state index in [4.69, 9.17) is 72.6 Å². The Morgan fingerprint density at radius 3 is 1.49 bits per heavy atom. The Labute approximate surface area is 477 Å². The predicted molar refractivity (Wildman–Crippen MR) is 254 cm³/mol. The molecule has 0 spiro atoms. The van der Waals surface area contributed by atoms with E-state index >= 15 is 0 Å². The normalized spacial score (nSPS) is 46.5. The molecule has 498 valence electrons. The second-order valence-corrected chi connectivity index (χ2v) is 22.9. The summed E-state index contributed by atoms with van der Waals surface area (Å²) in [5.74, 6) is -5.80. The summed E-state index contributed by atoms with van der Waals surface area (Å²) in [5.41, 5.74) is 11.6. The Morgan fingerprint density at radius 2 is 0.965 bits per heavy atom. The molecule has 0 aromatic heterocycles. The van der Waals surface area contributed by atoms with Crippen molar-refractivity contribution in [3.63, 3.8) is 0 Å². The minimum atomic E-state index is -6.01. The lowest BCUT2D eigenvalue weighted by Gasteiger charge is -2.51. The zero-order valence-electron chi connectivity index (χ0n) is 43.7. The molecule has 28 N–H and O–H groups in total. The smallest absolute Gasteiger partial charge is 0.470 e. The summed E-state index contributed by atoms with van der Waals surface area (Å²) in [5, 5.41) is 213. The lowest BCUT2D eigenvalue weighted by Crippen LogP contribution is -2.69. The number of ether oxygens (including phenoxy) is 11. The molecule has 0 aliphatic carbocycles. The standard InChI is InChI=1S/C41H74N2O40P2/c42-15-18(53)17(52)13(73-35(15)62)6-71-36-16(43)19(54)31(83-85(68,69)70)14(74-36)7-72-41(40(63)64)1-12(82-84(65,66)67)32(30(81-41)11(51)5-47)78-38-26(61)33(25(60)29(76-38)10(50)4-46)79-39-34(23(58)22(57)28(77-39)9(49)3-45)80-37-24(59)20(55)21(56)27(75-37)8(48)2-44/h8-39,44-62H,1-7,42-43H2,(H,63,64)(H2,65,66,67)(H2,68,69,70)/t8-,9-,10-,11+,12+,13+,14+,15+,16+,17+,18+,19+,20-,21-,22-,23-,24-,25+,26-,27+,28+,29+,30+,31+,32+,33-,34-,35-,36+,37+,38+,39+,41+/m0/s1. The topological polar surface area (TPSA) is 709 Å². The van der Waals surface area contributed by atoms with E-state index in [9.17, 15) is 136 Å². The molecule has 6 heterocycles. The molecular formula is C41H74N2O40P2. The largest absolute Gasteiger partial charge is 0.477 e. The lowest BCUT2D eigenvalue weighted by atomic mass is 9.91. The van der Waals surface area contributed by atoms with Crippen molar-refractivity contribution in [3.8, 4) is 0 Å². The highest BCUT2D eigenvalue weighted by Crippen LogP contribution is 2.47. The first-order valence-corrected chi connectivity index (χ1v) is 28.7. The van der Waals surface area contributed by atoms with E-state index < -0.39 is 270 Å². The zero-order valence-corrected chi connectivity index (χ0v) is 45.5. The summed E-state index contributed by atoms with van der Waals surface area (Å²) in [6.07, 6.45) is -69.4. The van der Waals surface area contributed by atoms with Gasteiger partial charge in [0.15, 0.2) is 31.5 Å². The number of rotatable bonds is 25. The molecule has 0 amide bonds. The molecule has 44 heteroatoms. The maximum atomic E-state index is 13.4. The first kappa shape index (κ1) is 72.5. The maximum absolute atomic E-state index is 13.4. The van der Waals surface area contributed by atoms with Gasteiger partial charge in [-0.1, -0.05) is 0 Å². The van der Waals surface area contributed by atoms with Gasteiger partial charge in [0.05, 0.1) is 51.7 Å². The number of aliphatic carboxylic acids is 1. The molecule has 0 aromatic carbocycles.